The maximum absolute atomic E-state index is 2.41. The first-order chi connectivity index (χ1) is 34.8. The standard InChI is InChI=1S/C66H46N4/c1-5-23-51(24-6-1)67(61-37-19-39-63-65(61)57-33-13-15-35-59(57)69(63)53-27-9-3-10-28-53)55-31-17-21-49(45-55)47-41-43-48(44-42-47)50-22-18-32-56(46-50)68(52-25-7-2-8-26-52)62-38-20-40-64-66(62)58-34-14-16-36-60(58)70(64)54-29-11-4-12-30-54/h1-46H. The van der Waals surface area contributed by atoms with Gasteiger partial charge in [-0.25, -0.2) is 0 Å². The van der Waals surface area contributed by atoms with Gasteiger partial charge in [0.1, 0.15) is 0 Å². The molecule has 13 rings (SSSR count). The Bertz CT molecular complexity index is 3720. The highest BCUT2D eigenvalue weighted by atomic mass is 15.2. The van der Waals surface area contributed by atoms with Crippen LogP contribution in [0.1, 0.15) is 0 Å². The Hall–Kier alpha value is -9.38. The summed E-state index contributed by atoms with van der Waals surface area (Å²) in [5.74, 6) is 0. The van der Waals surface area contributed by atoms with Crippen molar-refractivity contribution >= 4 is 77.7 Å². The summed E-state index contributed by atoms with van der Waals surface area (Å²) in [5, 5.41) is 4.86. The molecule has 2 heterocycles. The van der Waals surface area contributed by atoms with Crippen LogP contribution < -0.4 is 9.80 Å². The molecule has 0 saturated heterocycles. The lowest BCUT2D eigenvalue weighted by Gasteiger charge is -2.27. The lowest BCUT2D eigenvalue weighted by atomic mass is 9.99. The van der Waals surface area contributed by atoms with E-state index in [1.54, 1.807) is 0 Å². The highest BCUT2D eigenvalue weighted by Gasteiger charge is 2.23. The Kier molecular flexibility index (Phi) is 10.1. The summed E-state index contributed by atoms with van der Waals surface area (Å²) in [7, 11) is 0. The van der Waals surface area contributed by atoms with E-state index in [4.69, 9.17) is 0 Å². The van der Waals surface area contributed by atoms with E-state index < -0.39 is 0 Å². The molecule has 70 heavy (non-hydrogen) atoms. The zero-order valence-corrected chi connectivity index (χ0v) is 38.3. The van der Waals surface area contributed by atoms with E-state index in [-0.39, 0.29) is 0 Å². The summed E-state index contributed by atoms with van der Waals surface area (Å²) >= 11 is 0. The number of aromatic nitrogens is 2. The Labute approximate surface area is 407 Å². The Morgan fingerprint density at radius 2 is 0.557 bits per heavy atom. The number of para-hydroxylation sites is 6. The average molecular weight is 895 g/mol. The third-order valence-corrected chi connectivity index (χ3v) is 13.7. The van der Waals surface area contributed by atoms with E-state index in [9.17, 15) is 0 Å². The molecule has 0 saturated carbocycles. The highest BCUT2D eigenvalue weighted by Crippen LogP contribution is 2.46. The third kappa shape index (κ3) is 7.01. The first-order valence-corrected chi connectivity index (χ1v) is 23.9. The first kappa shape index (κ1) is 40.9. The maximum atomic E-state index is 2.41. The third-order valence-electron chi connectivity index (χ3n) is 13.7. The number of fused-ring (bicyclic) bond motifs is 6. The molecular formula is C66H46N4. The van der Waals surface area contributed by atoms with Gasteiger partial charge in [0.15, 0.2) is 0 Å². The van der Waals surface area contributed by atoms with Gasteiger partial charge in [0.05, 0.1) is 33.4 Å². The van der Waals surface area contributed by atoms with Gasteiger partial charge in [-0.1, -0.05) is 170 Å². The molecule has 0 radical (unpaired) electrons. The Morgan fingerprint density at radius 1 is 0.229 bits per heavy atom. The zero-order chi connectivity index (χ0) is 46.4. The van der Waals surface area contributed by atoms with Crippen LogP contribution in [0.25, 0.3) is 77.2 Å². The monoisotopic (exact) mass is 894 g/mol. The smallest absolute Gasteiger partial charge is 0.0562 e. The molecule has 0 spiro atoms. The van der Waals surface area contributed by atoms with Crippen LogP contribution in [0.5, 0.6) is 0 Å². The van der Waals surface area contributed by atoms with E-state index >= 15 is 0 Å². The van der Waals surface area contributed by atoms with Gasteiger partial charge < -0.3 is 18.9 Å². The van der Waals surface area contributed by atoms with Crippen LogP contribution in [0.4, 0.5) is 34.1 Å². The Morgan fingerprint density at radius 3 is 0.971 bits per heavy atom. The van der Waals surface area contributed by atoms with Crippen LogP contribution in [0, 0.1) is 0 Å². The fourth-order valence-corrected chi connectivity index (χ4v) is 10.6. The van der Waals surface area contributed by atoms with Crippen molar-refractivity contribution in [3.05, 3.63) is 279 Å². The van der Waals surface area contributed by atoms with Crippen molar-refractivity contribution in [2.75, 3.05) is 9.80 Å². The SMILES string of the molecule is c1ccc(N(c2cccc(-c3ccc(-c4cccc(N(c5ccccc5)c5cccc6c5c5ccccc5n6-c5ccccc5)c4)cc3)c2)c2cccc3c2c2ccccc2n3-c2ccccc2)cc1. The average Bonchev–Trinajstić information content (AvgIpc) is 3.96. The summed E-state index contributed by atoms with van der Waals surface area (Å²) < 4.78 is 4.77. The molecule has 0 N–H and O–H groups in total. The van der Waals surface area contributed by atoms with Gasteiger partial charge in [-0.3, -0.25) is 0 Å². The van der Waals surface area contributed by atoms with Crippen molar-refractivity contribution in [3.63, 3.8) is 0 Å². The fourth-order valence-electron chi connectivity index (χ4n) is 10.6. The van der Waals surface area contributed by atoms with Crippen molar-refractivity contribution < 1.29 is 0 Å². The van der Waals surface area contributed by atoms with Gasteiger partial charge in [0.2, 0.25) is 0 Å². The fraction of sp³-hybridized carbons (Fsp3) is 0. The van der Waals surface area contributed by atoms with E-state index in [0.717, 1.165) is 67.8 Å². The molecule has 4 nitrogen and oxygen atoms in total. The summed E-state index contributed by atoms with van der Waals surface area (Å²) in [4.78, 5) is 4.82. The maximum Gasteiger partial charge on any atom is 0.0562 e. The van der Waals surface area contributed by atoms with Crippen LogP contribution in [0.2, 0.25) is 0 Å². The normalized spacial score (nSPS) is 11.4. The molecule has 330 valence electrons. The van der Waals surface area contributed by atoms with E-state index in [1.807, 2.05) is 0 Å². The quantitative estimate of drug-likeness (QED) is 0.136. The number of anilines is 6. The molecule has 0 aliphatic rings. The number of nitrogens with zero attached hydrogens (tertiary/aromatic N) is 4. The second-order valence-electron chi connectivity index (χ2n) is 17.7. The van der Waals surface area contributed by atoms with Crippen LogP contribution in [-0.2, 0) is 0 Å². The molecule has 4 heteroatoms. The number of hydrogen-bond donors (Lipinski definition) is 0. The minimum Gasteiger partial charge on any atom is -0.310 e. The number of hydrogen-bond acceptors (Lipinski definition) is 2. The minimum absolute atomic E-state index is 1.09. The molecule has 2 aromatic heterocycles. The zero-order valence-electron chi connectivity index (χ0n) is 38.3. The van der Waals surface area contributed by atoms with Crippen molar-refractivity contribution in [1.82, 2.24) is 9.13 Å². The topological polar surface area (TPSA) is 16.3 Å². The minimum atomic E-state index is 1.09. The van der Waals surface area contributed by atoms with Crippen LogP contribution >= 0.6 is 0 Å². The highest BCUT2D eigenvalue weighted by molar-refractivity contribution is 6.18. The summed E-state index contributed by atoms with van der Waals surface area (Å²) in [6.45, 7) is 0. The van der Waals surface area contributed by atoms with E-state index in [0.29, 0.717) is 0 Å². The van der Waals surface area contributed by atoms with Gasteiger partial charge in [-0.05, 0) is 131 Å². The largest absolute Gasteiger partial charge is 0.310 e. The molecule has 11 aromatic carbocycles. The molecule has 0 atom stereocenters. The summed E-state index contributed by atoms with van der Waals surface area (Å²) in [5.41, 5.74) is 18.2. The predicted molar refractivity (Wildman–Crippen MR) is 295 cm³/mol. The van der Waals surface area contributed by atoms with Crippen molar-refractivity contribution in [1.29, 1.82) is 0 Å². The van der Waals surface area contributed by atoms with Gasteiger partial charge in [0, 0.05) is 55.7 Å². The molecule has 13 aromatic rings. The second kappa shape index (κ2) is 17.4. The molecule has 0 unspecified atom stereocenters. The lowest BCUT2D eigenvalue weighted by Crippen LogP contribution is -2.10. The summed E-state index contributed by atoms with van der Waals surface area (Å²) in [6.07, 6.45) is 0. The Balaban J connectivity index is 0.888. The summed E-state index contributed by atoms with van der Waals surface area (Å²) in [6, 6.07) is 101. The number of rotatable bonds is 10. The van der Waals surface area contributed by atoms with Crippen LogP contribution in [0.15, 0.2) is 279 Å². The molecule has 0 fully saturated rings. The van der Waals surface area contributed by atoms with E-state index in [1.165, 1.54) is 43.6 Å². The molecule has 0 amide bonds. The lowest BCUT2D eigenvalue weighted by molar-refractivity contribution is 1.18. The second-order valence-corrected chi connectivity index (χ2v) is 17.7. The predicted octanol–water partition coefficient (Wildman–Crippen LogP) is 18.2. The van der Waals surface area contributed by atoms with Crippen molar-refractivity contribution in [2.45, 2.75) is 0 Å². The van der Waals surface area contributed by atoms with Crippen molar-refractivity contribution in [3.8, 4) is 33.6 Å². The number of benzene rings is 11. The van der Waals surface area contributed by atoms with Gasteiger partial charge in [0.25, 0.3) is 0 Å². The van der Waals surface area contributed by atoms with Crippen LogP contribution in [-0.4, -0.2) is 9.13 Å². The molecule has 0 bridgehead atoms. The molecular weight excluding hydrogens is 849 g/mol. The molecule has 0 aliphatic carbocycles. The first-order valence-electron chi connectivity index (χ1n) is 23.9. The van der Waals surface area contributed by atoms with Crippen LogP contribution in [0.3, 0.4) is 0 Å². The van der Waals surface area contributed by atoms with Gasteiger partial charge in [-0.15, -0.1) is 0 Å². The van der Waals surface area contributed by atoms with Gasteiger partial charge >= 0.3 is 0 Å². The molecule has 0 aliphatic heterocycles. The van der Waals surface area contributed by atoms with E-state index in [2.05, 4.69) is 298 Å². The van der Waals surface area contributed by atoms with Gasteiger partial charge in [-0.2, -0.15) is 0 Å². The van der Waals surface area contributed by atoms with Crippen molar-refractivity contribution in [2.24, 2.45) is 0 Å².